The third kappa shape index (κ3) is 3.62. The number of halogens is 2. The van der Waals surface area contributed by atoms with Gasteiger partial charge in [-0.3, -0.25) is 0 Å². The number of hydrogen-bond acceptors (Lipinski definition) is 4. The molecule has 3 rings (SSSR count). The molecule has 0 amide bonds. The van der Waals surface area contributed by atoms with Crippen molar-refractivity contribution in [3.05, 3.63) is 83.4 Å². The monoisotopic (exact) mass is 374 g/mol. The molecule has 6 heteroatoms. The zero-order valence-electron chi connectivity index (χ0n) is 15.3. The molecule has 138 valence electrons. The van der Waals surface area contributed by atoms with Gasteiger partial charge in [-0.2, -0.15) is 10.5 Å². The molecule has 28 heavy (non-hydrogen) atoms. The molecule has 0 fully saturated rings. The van der Waals surface area contributed by atoms with Crippen molar-refractivity contribution in [1.82, 2.24) is 0 Å². The summed E-state index contributed by atoms with van der Waals surface area (Å²) < 4.78 is 27.2. The standard InChI is InChI=1S/C22H16F2N4/c1-27(19-7-3-5-17(23)11-19)21-9-16(14-26)22(10-15(21)13-25)28(2)20-8-4-6-18(24)12-20/h3-12H,1-2H3. The lowest BCUT2D eigenvalue weighted by Crippen LogP contribution is -2.15. The molecule has 0 heterocycles. The van der Waals surface area contributed by atoms with E-state index in [1.807, 2.05) is 0 Å². The quantitative estimate of drug-likeness (QED) is 0.626. The minimum Gasteiger partial charge on any atom is -0.343 e. The van der Waals surface area contributed by atoms with E-state index in [0.717, 1.165) is 0 Å². The maximum Gasteiger partial charge on any atom is 0.125 e. The second kappa shape index (κ2) is 7.77. The van der Waals surface area contributed by atoms with Crippen molar-refractivity contribution in [2.45, 2.75) is 0 Å². The molecule has 0 unspecified atom stereocenters. The number of rotatable bonds is 4. The van der Waals surface area contributed by atoms with Gasteiger partial charge in [-0.15, -0.1) is 0 Å². The molecule has 0 aliphatic carbocycles. The Hall–Kier alpha value is -3.90. The van der Waals surface area contributed by atoms with E-state index < -0.39 is 11.6 Å². The van der Waals surface area contributed by atoms with Crippen molar-refractivity contribution in [1.29, 1.82) is 10.5 Å². The second-order valence-electron chi connectivity index (χ2n) is 6.19. The van der Waals surface area contributed by atoms with Gasteiger partial charge in [0, 0.05) is 25.5 Å². The largest absolute Gasteiger partial charge is 0.343 e. The van der Waals surface area contributed by atoms with Crippen LogP contribution < -0.4 is 9.80 Å². The molecule has 0 bridgehead atoms. The zero-order valence-corrected chi connectivity index (χ0v) is 15.3. The van der Waals surface area contributed by atoms with E-state index in [0.29, 0.717) is 33.9 Å². The Morgan fingerprint density at radius 3 is 1.39 bits per heavy atom. The van der Waals surface area contributed by atoms with Crippen molar-refractivity contribution in [3.63, 3.8) is 0 Å². The highest BCUT2D eigenvalue weighted by atomic mass is 19.1. The van der Waals surface area contributed by atoms with E-state index >= 15 is 0 Å². The van der Waals surface area contributed by atoms with Gasteiger partial charge in [-0.25, -0.2) is 8.78 Å². The summed E-state index contributed by atoms with van der Waals surface area (Å²) in [5.41, 5.74) is 2.66. The van der Waals surface area contributed by atoms with Crippen LogP contribution in [-0.2, 0) is 0 Å². The lowest BCUT2D eigenvalue weighted by Gasteiger charge is -2.25. The van der Waals surface area contributed by atoms with Crippen LogP contribution in [0.25, 0.3) is 0 Å². The van der Waals surface area contributed by atoms with Crippen molar-refractivity contribution in [3.8, 4) is 12.1 Å². The molecule has 0 saturated heterocycles. The van der Waals surface area contributed by atoms with Crippen LogP contribution in [0.15, 0.2) is 60.7 Å². The summed E-state index contributed by atoms with van der Waals surface area (Å²) in [7, 11) is 3.39. The molecule has 0 saturated carbocycles. The highest BCUT2D eigenvalue weighted by Crippen LogP contribution is 2.35. The number of benzene rings is 3. The summed E-state index contributed by atoms with van der Waals surface area (Å²) >= 11 is 0. The van der Waals surface area contributed by atoms with Gasteiger partial charge in [0.2, 0.25) is 0 Å². The van der Waals surface area contributed by atoms with Gasteiger partial charge in [0.05, 0.1) is 22.5 Å². The van der Waals surface area contributed by atoms with Gasteiger partial charge in [0.15, 0.2) is 0 Å². The van der Waals surface area contributed by atoms with E-state index in [1.54, 1.807) is 60.3 Å². The number of nitriles is 2. The van der Waals surface area contributed by atoms with Gasteiger partial charge in [0.1, 0.15) is 23.8 Å². The summed E-state index contributed by atoms with van der Waals surface area (Å²) in [5.74, 6) is -0.795. The minimum absolute atomic E-state index is 0.309. The molecule has 0 radical (unpaired) electrons. The Morgan fingerprint density at radius 2 is 1.07 bits per heavy atom. The number of nitrogens with zero attached hydrogens (tertiary/aromatic N) is 4. The Bertz CT molecular complexity index is 1020. The molecule has 3 aromatic rings. The second-order valence-corrected chi connectivity index (χ2v) is 6.19. The predicted molar refractivity (Wildman–Crippen MR) is 105 cm³/mol. The maximum atomic E-state index is 13.6. The fourth-order valence-corrected chi connectivity index (χ4v) is 2.96. The van der Waals surface area contributed by atoms with Crippen LogP contribution in [0.3, 0.4) is 0 Å². The molecular weight excluding hydrogens is 358 g/mol. The van der Waals surface area contributed by atoms with Gasteiger partial charge in [0.25, 0.3) is 0 Å². The maximum absolute atomic E-state index is 13.6. The molecule has 0 atom stereocenters. The minimum atomic E-state index is -0.397. The SMILES string of the molecule is CN(c1cccc(F)c1)c1cc(C#N)c(N(C)c2cccc(F)c2)cc1C#N. The molecular formula is C22H16F2N4. The molecule has 0 aromatic heterocycles. The van der Waals surface area contributed by atoms with Crippen molar-refractivity contribution < 1.29 is 8.78 Å². The van der Waals surface area contributed by atoms with Gasteiger partial charge < -0.3 is 9.80 Å². The van der Waals surface area contributed by atoms with Gasteiger partial charge in [-0.1, -0.05) is 12.1 Å². The average Bonchev–Trinajstić information content (AvgIpc) is 2.71. The smallest absolute Gasteiger partial charge is 0.125 e. The Kier molecular flexibility index (Phi) is 5.24. The lowest BCUT2D eigenvalue weighted by atomic mass is 10.0. The van der Waals surface area contributed by atoms with E-state index in [9.17, 15) is 19.3 Å². The predicted octanol–water partition coefficient (Wildman–Crippen LogP) is 5.24. The Morgan fingerprint density at radius 1 is 0.679 bits per heavy atom. The van der Waals surface area contributed by atoms with E-state index in [4.69, 9.17) is 0 Å². The fraction of sp³-hybridized carbons (Fsp3) is 0.0909. The molecule has 0 N–H and O–H groups in total. The molecule has 0 spiro atoms. The summed E-state index contributed by atoms with van der Waals surface area (Å²) in [6.45, 7) is 0. The summed E-state index contributed by atoms with van der Waals surface area (Å²) in [4.78, 5) is 3.29. The molecule has 4 nitrogen and oxygen atoms in total. The highest BCUT2D eigenvalue weighted by molar-refractivity contribution is 5.79. The summed E-state index contributed by atoms with van der Waals surface area (Å²) in [6, 6.07) is 19.3. The third-order valence-electron chi connectivity index (χ3n) is 4.47. The van der Waals surface area contributed by atoms with Crippen LogP contribution in [0.1, 0.15) is 11.1 Å². The highest BCUT2D eigenvalue weighted by Gasteiger charge is 2.18. The molecule has 0 aliphatic heterocycles. The van der Waals surface area contributed by atoms with Gasteiger partial charge in [-0.05, 0) is 48.5 Å². The molecule has 0 aliphatic rings. The fourth-order valence-electron chi connectivity index (χ4n) is 2.96. The Labute approximate surface area is 162 Å². The first-order valence-electron chi connectivity index (χ1n) is 8.41. The van der Waals surface area contributed by atoms with Crippen molar-refractivity contribution in [2.75, 3.05) is 23.9 Å². The molecule has 3 aromatic carbocycles. The first-order valence-corrected chi connectivity index (χ1v) is 8.41. The van der Waals surface area contributed by atoms with Crippen LogP contribution in [0.2, 0.25) is 0 Å². The van der Waals surface area contributed by atoms with Crippen LogP contribution in [0, 0.1) is 34.3 Å². The van der Waals surface area contributed by atoms with Gasteiger partial charge >= 0.3 is 0 Å². The van der Waals surface area contributed by atoms with Crippen molar-refractivity contribution >= 4 is 22.7 Å². The normalized spacial score (nSPS) is 10.1. The van der Waals surface area contributed by atoms with Crippen molar-refractivity contribution in [2.24, 2.45) is 0 Å². The summed E-state index contributed by atoms with van der Waals surface area (Å²) in [6.07, 6.45) is 0. The first kappa shape index (κ1) is 18.9. The average molecular weight is 374 g/mol. The van der Waals surface area contributed by atoms with E-state index in [1.165, 1.54) is 24.3 Å². The van der Waals surface area contributed by atoms with E-state index in [2.05, 4.69) is 12.1 Å². The number of anilines is 4. The van der Waals surface area contributed by atoms with Crippen LogP contribution in [0.5, 0.6) is 0 Å². The number of hydrogen-bond donors (Lipinski definition) is 0. The van der Waals surface area contributed by atoms with Crippen LogP contribution in [0.4, 0.5) is 31.5 Å². The van der Waals surface area contributed by atoms with Crippen LogP contribution in [-0.4, -0.2) is 14.1 Å². The topological polar surface area (TPSA) is 54.1 Å². The zero-order chi connectivity index (χ0) is 20.3. The first-order chi connectivity index (χ1) is 13.4. The van der Waals surface area contributed by atoms with E-state index in [-0.39, 0.29) is 0 Å². The van der Waals surface area contributed by atoms with Crippen LogP contribution >= 0.6 is 0 Å². The summed E-state index contributed by atoms with van der Waals surface area (Å²) in [5, 5.41) is 19.3. The third-order valence-corrected chi connectivity index (χ3v) is 4.47. The Balaban J connectivity index is 2.11. The lowest BCUT2D eigenvalue weighted by molar-refractivity contribution is 0.627.